The molecule has 0 aromatic rings. The summed E-state index contributed by atoms with van der Waals surface area (Å²) in [7, 11) is 0. The molecule has 0 radical (unpaired) electrons. The first kappa shape index (κ1) is 41.7. The summed E-state index contributed by atoms with van der Waals surface area (Å²) in [5.74, 6) is 4.41. The third kappa shape index (κ3) is 9.15. The van der Waals surface area contributed by atoms with Gasteiger partial charge >= 0.3 is 23.9 Å². The number of cyclic esters (lactones) is 1. The molecule has 0 spiro atoms. The van der Waals surface area contributed by atoms with Gasteiger partial charge in [-0.3, -0.25) is 19.2 Å². The second-order valence-electron chi connectivity index (χ2n) is 19.1. The van der Waals surface area contributed by atoms with Crippen molar-refractivity contribution >= 4 is 29.7 Å². The van der Waals surface area contributed by atoms with Crippen LogP contribution in [0.5, 0.6) is 0 Å². The van der Waals surface area contributed by atoms with Crippen LogP contribution in [0.1, 0.15) is 146 Å². The van der Waals surface area contributed by atoms with Crippen molar-refractivity contribution in [2.45, 2.75) is 164 Å². The van der Waals surface area contributed by atoms with Crippen LogP contribution in [0.3, 0.4) is 0 Å². The van der Waals surface area contributed by atoms with Crippen molar-refractivity contribution in [3.05, 3.63) is 0 Å². The second kappa shape index (κ2) is 16.7. The Morgan fingerprint density at radius 3 is 1.92 bits per heavy atom. The highest BCUT2D eigenvalue weighted by molar-refractivity contribution is 5.86. The summed E-state index contributed by atoms with van der Waals surface area (Å²) in [6.45, 7) is 17.6. The maximum absolute atomic E-state index is 12.3. The Kier molecular flexibility index (Phi) is 13.1. The molecule has 300 valence electrons. The summed E-state index contributed by atoms with van der Waals surface area (Å²) in [5.41, 5.74) is -1.30. The molecule has 6 bridgehead atoms. The van der Waals surface area contributed by atoms with Crippen LogP contribution in [-0.2, 0) is 47.7 Å². The van der Waals surface area contributed by atoms with E-state index < -0.39 is 22.9 Å². The zero-order chi connectivity index (χ0) is 38.9. The number of ether oxygens (including phenoxy) is 5. The molecule has 10 heteroatoms. The van der Waals surface area contributed by atoms with Crippen molar-refractivity contribution in [2.75, 3.05) is 13.4 Å². The van der Waals surface area contributed by atoms with Crippen LogP contribution in [0.25, 0.3) is 0 Å². The molecule has 1 aliphatic heterocycles. The van der Waals surface area contributed by atoms with Crippen LogP contribution in [0.2, 0.25) is 0 Å². The van der Waals surface area contributed by atoms with Crippen LogP contribution in [0, 0.1) is 63.6 Å². The molecule has 8 fully saturated rings. The van der Waals surface area contributed by atoms with E-state index in [2.05, 4.69) is 6.92 Å². The van der Waals surface area contributed by atoms with Gasteiger partial charge in [0.2, 0.25) is 6.10 Å². The molecule has 53 heavy (non-hydrogen) atoms. The number of rotatable bonds is 11. The van der Waals surface area contributed by atoms with E-state index >= 15 is 0 Å². The fraction of sp³-hybridized carbons (Fsp3) is 0.884. The monoisotopic (exact) mass is 744 g/mol. The number of hydrogen-bond acceptors (Lipinski definition) is 10. The molecule has 11 atom stereocenters. The average molecular weight is 745 g/mol. The van der Waals surface area contributed by atoms with E-state index in [1.165, 1.54) is 32.1 Å². The largest absolute Gasteiger partial charge is 0.463 e. The maximum Gasteiger partial charge on any atom is 0.347 e. The van der Waals surface area contributed by atoms with Gasteiger partial charge in [0.1, 0.15) is 11.9 Å². The van der Waals surface area contributed by atoms with Gasteiger partial charge < -0.3 is 23.7 Å². The first-order valence-electron chi connectivity index (χ1n) is 20.8. The zero-order valence-corrected chi connectivity index (χ0v) is 34.0. The van der Waals surface area contributed by atoms with Crippen LogP contribution in [0.4, 0.5) is 0 Å². The number of Topliss-reactive ketones (excluding diaryl/α,β-unsaturated/α-hetero) is 1. The quantitative estimate of drug-likeness (QED) is 0.116. The van der Waals surface area contributed by atoms with E-state index in [1.807, 2.05) is 41.5 Å². The minimum atomic E-state index is -0.687. The Balaban J connectivity index is 0.000000157. The molecule has 7 saturated carbocycles. The highest BCUT2D eigenvalue weighted by atomic mass is 16.7. The van der Waals surface area contributed by atoms with Crippen molar-refractivity contribution in [1.82, 2.24) is 0 Å². The van der Waals surface area contributed by atoms with E-state index in [-0.39, 0.29) is 54.2 Å². The lowest BCUT2D eigenvalue weighted by atomic mass is 9.54. The normalized spacial score (nSPS) is 35.1. The molecule has 1 heterocycles. The average Bonchev–Trinajstić information content (AvgIpc) is 3.93. The lowest BCUT2D eigenvalue weighted by Gasteiger charge is -2.52. The molecular formula is C43H68O10. The molecule has 0 aromatic heterocycles. The molecule has 8 aliphatic rings. The van der Waals surface area contributed by atoms with Gasteiger partial charge in [-0.25, -0.2) is 4.79 Å². The van der Waals surface area contributed by atoms with E-state index in [0.717, 1.165) is 62.2 Å². The van der Waals surface area contributed by atoms with Gasteiger partial charge in [-0.1, -0.05) is 27.2 Å². The number of fused-ring (bicyclic) bond motifs is 5. The molecule has 1 saturated heterocycles. The van der Waals surface area contributed by atoms with Crippen LogP contribution >= 0.6 is 0 Å². The van der Waals surface area contributed by atoms with Gasteiger partial charge in [-0.2, -0.15) is 0 Å². The molecule has 11 unspecified atom stereocenters. The molecule has 0 aromatic carbocycles. The maximum atomic E-state index is 12.3. The third-order valence-corrected chi connectivity index (χ3v) is 14.6. The van der Waals surface area contributed by atoms with Gasteiger partial charge in [0.15, 0.2) is 6.79 Å². The Morgan fingerprint density at radius 2 is 1.30 bits per heavy atom. The summed E-state index contributed by atoms with van der Waals surface area (Å²) in [6.07, 6.45) is 13.2. The summed E-state index contributed by atoms with van der Waals surface area (Å²) in [6, 6.07) is 0. The molecule has 8 rings (SSSR count). The van der Waals surface area contributed by atoms with Crippen LogP contribution in [-0.4, -0.2) is 61.4 Å². The van der Waals surface area contributed by atoms with Crippen molar-refractivity contribution in [3.63, 3.8) is 0 Å². The third-order valence-electron chi connectivity index (χ3n) is 14.6. The zero-order valence-electron chi connectivity index (χ0n) is 34.0. The Bertz CT molecular complexity index is 1350. The molecule has 10 nitrogen and oxygen atoms in total. The molecular weight excluding hydrogens is 676 g/mol. The topological polar surface area (TPSA) is 132 Å². The molecule has 7 aliphatic carbocycles. The highest BCUT2D eigenvalue weighted by Crippen LogP contribution is 2.59. The standard InChI is InChI=1S/C17H26O4.C16H26O2.C10H16O4/c1-4-17(2,3)16(19)21-9-20-15-12-6-10-5-11(8-12)14(18)13(15)7-10;1-4-16(2,3)15(17)18-14-9-10-8-13(14)12-7-5-6-11(10)12;1-4-10(2,3)9(12)14-7-5-6-13-8(7)11/h10-13,15H,4-9H2,1-3H3;10-14H,4-9H2,1-3H3;7H,4-6H2,1-3H3. The predicted molar refractivity (Wildman–Crippen MR) is 198 cm³/mol. The number of carbonyl (C=O) groups excluding carboxylic acids is 5. The first-order valence-corrected chi connectivity index (χ1v) is 20.8. The van der Waals surface area contributed by atoms with Crippen molar-refractivity contribution in [1.29, 1.82) is 0 Å². The minimum Gasteiger partial charge on any atom is -0.463 e. The summed E-state index contributed by atoms with van der Waals surface area (Å²) in [5, 5.41) is 0. The Morgan fingerprint density at radius 1 is 0.679 bits per heavy atom. The molecule has 0 amide bonds. The number of esters is 4. The van der Waals surface area contributed by atoms with Crippen LogP contribution in [0.15, 0.2) is 0 Å². The van der Waals surface area contributed by atoms with Gasteiger partial charge in [-0.15, -0.1) is 0 Å². The smallest absolute Gasteiger partial charge is 0.347 e. The van der Waals surface area contributed by atoms with E-state index in [1.54, 1.807) is 13.8 Å². The number of carbonyl (C=O) groups is 5. The van der Waals surface area contributed by atoms with Crippen molar-refractivity contribution in [2.24, 2.45) is 63.6 Å². The van der Waals surface area contributed by atoms with Crippen LogP contribution < -0.4 is 0 Å². The van der Waals surface area contributed by atoms with Gasteiger partial charge in [0.05, 0.1) is 29.0 Å². The van der Waals surface area contributed by atoms with Gasteiger partial charge in [-0.05, 0) is 148 Å². The SMILES string of the molecule is CCC(C)(C)C(=O)OC1CC2CC1C1CCCC21.CCC(C)(C)C(=O)OC1CCOC1=O.CCC(C)(C)C(=O)OCOC1C2CC3CC(C2)C(=O)C1C3. The summed E-state index contributed by atoms with van der Waals surface area (Å²) in [4.78, 5) is 59.0. The lowest BCUT2D eigenvalue weighted by molar-refractivity contribution is -0.193. The Labute approximate surface area is 317 Å². The van der Waals surface area contributed by atoms with Crippen molar-refractivity contribution in [3.8, 4) is 0 Å². The fourth-order valence-electron chi connectivity index (χ4n) is 9.94. The van der Waals surface area contributed by atoms with Gasteiger partial charge in [0.25, 0.3) is 0 Å². The second-order valence-corrected chi connectivity index (χ2v) is 19.1. The van der Waals surface area contributed by atoms with Gasteiger partial charge in [0, 0.05) is 18.3 Å². The Hall–Kier alpha value is -2.49. The van der Waals surface area contributed by atoms with Crippen molar-refractivity contribution < 1.29 is 47.7 Å². The first-order chi connectivity index (χ1) is 24.9. The number of ketones is 1. The van der Waals surface area contributed by atoms with E-state index in [4.69, 9.17) is 23.7 Å². The summed E-state index contributed by atoms with van der Waals surface area (Å²) < 4.78 is 26.7. The summed E-state index contributed by atoms with van der Waals surface area (Å²) >= 11 is 0. The minimum absolute atomic E-state index is 0.0114. The highest BCUT2D eigenvalue weighted by Gasteiger charge is 2.56. The van der Waals surface area contributed by atoms with E-state index in [9.17, 15) is 24.0 Å². The predicted octanol–water partition coefficient (Wildman–Crippen LogP) is 8.02. The lowest BCUT2D eigenvalue weighted by Crippen LogP contribution is -2.55. The molecule has 0 N–H and O–H groups in total. The fourth-order valence-corrected chi connectivity index (χ4v) is 9.94. The van der Waals surface area contributed by atoms with E-state index in [0.29, 0.717) is 37.1 Å². The number of hydrogen-bond donors (Lipinski definition) is 0.